The molecule has 5 heterocycles. The monoisotopic (exact) mass is 1000 g/mol. The number of anilines is 7. The van der Waals surface area contributed by atoms with Crippen LogP contribution in [0.4, 0.5) is 40.5 Å². The number of aromatic amines is 1. The largest absolute Gasteiger partial charge is 0.494 e. The number of fused-ring (bicyclic) bond motifs is 1. The quantitative estimate of drug-likeness (QED) is 0.0535. The molecule has 18 heteroatoms. The molecule has 7 N–H and O–H groups in total. The highest BCUT2D eigenvalue weighted by Crippen LogP contribution is 2.40. The van der Waals surface area contributed by atoms with Crippen molar-refractivity contribution in [2.45, 2.75) is 81.6 Å². The highest BCUT2D eigenvalue weighted by atomic mass is 35.5. The second kappa shape index (κ2) is 21.0. The van der Waals surface area contributed by atoms with Crippen LogP contribution in [-0.2, 0) is 9.84 Å². The predicted molar refractivity (Wildman–Crippen MR) is 282 cm³/mol. The normalized spacial score (nSPS) is 17.1. The molecular weight excluding hydrogens is 946 g/mol. The van der Waals surface area contributed by atoms with Crippen LogP contribution >= 0.6 is 23.2 Å². The van der Waals surface area contributed by atoms with Crippen LogP contribution < -0.4 is 41.4 Å². The van der Waals surface area contributed by atoms with Gasteiger partial charge < -0.3 is 46.4 Å². The molecule has 2 saturated heterocycles. The lowest BCUT2D eigenvalue weighted by Gasteiger charge is -2.39. The van der Waals surface area contributed by atoms with Crippen LogP contribution in [0.3, 0.4) is 0 Å². The first-order valence-electron chi connectivity index (χ1n) is 23.7. The lowest BCUT2D eigenvalue weighted by molar-refractivity contribution is 0.169. The fourth-order valence-electron chi connectivity index (χ4n) is 9.52. The Bertz CT molecular complexity index is 3110. The maximum absolute atomic E-state index is 13.3. The van der Waals surface area contributed by atoms with E-state index in [2.05, 4.69) is 73.2 Å². The number of benzene rings is 4. The minimum Gasteiger partial charge on any atom is -0.494 e. The fraction of sp³-hybridized carbons (Fsp3) is 0.346. The van der Waals surface area contributed by atoms with E-state index in [4.69, 9.17) is 48.4 Å². The van der Waals surface area contributed by atoms with E-state index in [1.165, 1.54) is 11.8 Å². The second-order valence-electron chi connectivity index (χ2n) is 18.4. The SMILES string of the molecule is COc1cc(N2CCC(N)C(CC(C)Oc3cc(C4CCNCC4)c(C)cc3Nc3ncc(Cl)c(Nc4ccccc4S(=O)(=O)C(C)C)n3)C2)ccc1Nc1ncc(Cl)c(-c2c[nH]c3ccccc23)n1. The molecule has 0 radical (unpaired) electrons. The highest BCUT2D eigenvalue weighted by Gasteiger charge is 2.31. The number of hydrogen-bond acceptors (Lipinski definition) is 14. The third-order valence-corrected chi connectivity index (χ3v) is 16.1. The standard InChI is InChI=1S/C52H59Cl2N11O4S/c1-30(2)70(66,67)48-13-9-8-12-44(48)60-50-40(54)28-59-52(64-50)62-45-22-31(3)37(33-16-19-56-20-17-33)25-47(45)69-32(4)23-34-29-65(21-18-41(34)55)35-14-15-43(46(24-35)68-5)61-51-58-27-39(53)49(63-51)38-26-57-42-11-7-6-10-36(38)42/h6-15,22,24-28,30,32-34,41,56-57H,16-21,23,29,55H2,1-5H3,(H,58,61,63)(H2,59,60,62,64). The van der Waals surface area contributed by atoms with E-state index < -0.39 is 15.1 Å². The molecule has 0 saturated carbocycles. The zero-order valence-corrected chi connectivity index (χ0v) is 42.2. The second-order valence-corrected chi connectivity index (χ2v) is 21.7. The number of H-pyrrole nitrogens is 1. The summed E-state index contributed by atoms with van der Waals surface area (Å²) >= 11 is 13.3. The molecule has 2 fully saturated rings. The molecule has 3 aromatic heterocycles. The first kappa shape index (κ1) is 48.8. The van der Waals surface area contributed by atoms with Gasteiger partial charge in [-0.05, 0) is 132 Å². The van der Waals surface area contributed by atoms with Crippen molar-refractivity contribution in [3.8, 4) is 22.8 Å². The predicted octanol–water partition coefficient (Wildman–Crippen LogP) is 10.9. The van der Waals surface area contributed by atoms with Crippen LogP contribution in [0, 0.1) is 12.8 Å². The van der Waals surface area contributed by atoms with Crippen molar-refractivity contribution in [1.29, 1.82) is 0 Å². The van der Waals surface area contributed by atoms with Gasteiger partial charge in [0.2, 0.25) is 11.9 Å². The van der Waals surface area contributed by atoms with Crippen molar-refractivity contribution in [3.05, 3.63) is 119 Å². The van der Waals surface area contributed by atoms with Crippen LogP contribution in [0.25, 0.3) is 22.2 Å². The maximum atomic E-state index is 13.3. The molecule has 9 rings (SSSR count). The van der Waals surface area contributed by atoms with E-state index in [9.17, 15) is 8.42 Å². The van der Waals surface area contributed by atoms with Crippen molar-refractivity contribution in [3.63, 3.8) is 0 Å². The van der Waals surface area contributed by atoms with Gasteiger partial charge in [-0.1, -0.05) is 53.5 Å². The van der Waals surface area contributed by atoms with Gasteiger partial charge in [-0.15, -0.1) is 0 Å². The van der Waals surface area contributed by atoms with E-state index >= 15 is 0 Å². The van der Waals surface area contributed by atoms with E-state index in [0.29, 0.717) is 51.9 Å². The number of nitrogens with zero attached hydrogens (tertiary/aromatic N) is 5. The minimum absolute atomic E-state index is 0.0199. The Balaban J connectivity index is 0.919. The number of piperidine rings is 2. The number of rotatable bonds is 16. The minimum atomic E-state index is -3.60. The molecule has 70 heavy (non-hydrogen) atoms. The topological polar surface area (TPSA) is 197 Å². The molecule has 2 aliphatic heterocycles. The van der Waals surface area contributed by atoms with E-state index in [1.54, 1.807) is 51.4 Å². The molecule has 0 spiro atoms. The highest BCUT2D eigenvalue weighted by molar-refractivity contribution is 7.92. The van der Waals surface area contributed by atoms with Crippen LogP contribution in [0.5, 0.6) is 11.5 Å². The molecular formula is C52H59Cl2N11O4S. The Labute approximate surface area is 419 Å². The summed E-state index contributed by atoms with van der Waals surface area (Å²) in [5.41, 5.74) is 14.6. The summed E-state index contributed by atoms with van der Waals surface area (Å²) in [7, 11) is -1.95. The molecule has 3 atom stereocenters. The zero-order valence-electron chi connectivity index (χ0n) is 39.9. The van der Waals surface area contributed by atoms with Crippen molar-refractivity contribution in [1.82, 2.24) is 30.2 Å². The van der Waals surface area contributed by atoms with Gasteiger partial charge in [-0.2, -0.15) is 4.98 Å². The lowest BCUT2D eigenvalue weighted by Crippen LogP contribution is -2.48. The molecule has 2 aliphatic rings. The Morgan fingerprint density at radius 1 is 0.843 bits per heavy atom. The Morgan fingerprint density at radius 3 is 2.36 bits per heavy atom. The van der Waals surface area contributed by atoms with Gasteiger partial charge in [0, 0.05) is 53.5 Å². The average Bonchev–Trinajstić information content (AvgIpc) is 3.79. The van der Waals surface area contributed by atoms with Gasteiger partial charge >= 0.3 is 0 Å². The average molecular weight is 1010 g/mol. The Morgan fingerprint density at radius 2 is 1.57 bits per heavy atom. The smallest absolute Gasteiger partial charge is 0.229 e. The molecule has 0 bridgehead atoms. The van der Waals surface area contributed by atoms with Crippen molar-refractivity contribution in [2.75, 3.05) is 54.1 Å². The summed E-state index contributed by atoms with van der Waals surface area (Å²) in [6, 6.07) is 25.1. The van der Waals surface area contributed by atoms with Gasteiger partial charge in [0.15, 0.2) is 15.7 Å². The number of para-hydroxylation sites is 2. The van der Waals surface area contributed by atoms with E-state index in [1.807, 2.05) is 42.6 Å². The van der Waals surface area contributed by atoms with Gasteiger partial charge in [0.25, 0.3) is 0 Å². The summed E-state index contributed by atoms with van der Waals surface area (Å²) in [4.78, 5) is 24.4. The maximum Gasteiger partial charge on any atom is 0.229 e. The first-order chi connectivity index (χ1) is 33.7. The Kier molecular flexibility index (Phi) is 14.7. The van der Waals surface area contributed by atoms with E-state index in [0.717, 1.165) is 78.8 Å². The van der Waals surface area contributed by atoms with Gasteiger partial charge in [-0.25, -0.2) is 23.4 Å². The van der Waals surface area contributed by atoms with Gasteiger partial charge in [-0.3, -0.25) is 0 Å². The van der Waals surface area contributed by atoms with Crippen LogP contribution in [0.15, 0.2) is 102 Å². The first-order valence-corrected chi connectivity index (χ1v) is 26.0. The molecule has 0 aliphatic carbocycles. The number of methoxy groups -OCH3 is 1. The number of ether oxygens (including phenoxy) is 2. The van der Waals surface area contributed by atoms with Crippen LogP contribution in [0.1, 0.15) is 63.5 Å². The summed E-state index contributed by atoms with van der Waals surface area (Å²) in [6.07, 6.45) is 8.38. The van der Waals surface area contributed by atoms with Crippen molar-refractivity contribution >= 4 is 84.4 Å². The van der Waals surface area contributed by atoms with Gasteiger partial charge in [0.05, 0.1) is 63.5 Å². The Hall–Kier alpha value is -6.17. The number of halogens is 2. The third kappa shape index (κ3) is 10.6. The van der Waals surface area contributed by atoms with Crippen LogP contribution in [0.2, 0.25) is 10.0 Å². The number of sulfone groups is 1. The number of nitrogens with two attached hydrogens (primary N) is 1. The van der Waals surface area contributed by atoms with E-state index in [-0.39, 0.29) is 39.7 Å². The van der Waals surface area contributed by atoms with Crippen LogP contribution in [-0.4, -0.2) is 84.0 Å². The molecule has 0 amide bonds. The zero-order chi connectivity index (χ0) is 49.1. The van der Waals surface area contributed by atoms with Crippen molar-refractivity contribution < 1.29 is 17.9 Å². The number of hydrogen-bond donors (Lipinski definition) is 6. The molecule has 15 nitrogen and oxygen atoms in total. The summed E-state index contributed by atoms with van der Waals surface area (Å²) < 4.78 is 39.4. The molecule has 3 unspecified atom stereocenters. The van der Waals surface area contributed by atoms with Gasteiger partial charge in [0.1, 0.15) is 16.5 Å². The lowest BCUT2D eigenvalue weighted by atomic mass is 9.87. The summed E-state index contributed by atoms with van der Waals surface area (Å²) in [5.74, 6) is 2.76. The molecule has 366 valence electrons. The molecule has 4 aromatic carbocycles. The molecule has 7 aromatic rings. The summed E-state index contributed by atoms with van der Waals surface area (Å²) in [5, 5.41) is 14.5. The fourth-order valence-corrected chi connectivity index (χ4v) is 11.0. The third-order valence-electron chi connectivity index (χ3n) is 13.3. The summed E-state index contributed by atoms with van der Waals surface area (Å²) in [6.45, 7) is 11.0. The number of aryl methyl sites for hydroxylation is 1. The van der Waals surface area contributed by atoms with Crippen molar-refractivity contribution in [2.24, 2.45) is 11.7 Å². The number of aromatic nitrogens is 5. The number of nitrogens with one attached hydrogen (secondary N) is 5.